The van der Waals surface area contributed by atoms with Crippen molar-refractivity contribution in [3.05, 3.63) is 377 Å². The van der Waals surface area contributed by atoms with Crippen LogP contribution in [-0.2, 0) is 32.5 Å². The van der Waals surface area contributed by atoms with Crippen molar-refractivity contribution in [2.75, 3.05) is 0 Å². The minimum absolute atomic E-state index is 0. The molecule has 4 heteroatoms. The van der Waals surface area contributed by atoms with Gasteiger partial charge in [-0.15, -0.1) is 0 Å². The number of rotatable bonds is 8. The highest BCUT2D eigenvalue weighted by atomic mass is 16.5. The molecule has 0 aliphatic carbocycles. The predicted octanol–water partition coefficient (Wildman–Crippen LogP) is 29.8. The minimum atomic E-state index is -0.271. The molecule has 111 heavy (non-hydrogen) atoms. The van der Waals surface area contributed by atoms with Gasteiger partial charge >= 0.3 is 0 Å². The van der Waals surface area contributed by atoms with E-state index in [4.69, 9.17) is 18.9 Å². The van der Waals surface area contributed by atoms with Gasteiger partial charge in [0.2, 0.25) is 0 Å². The molecule has 12 aromatic rings. The van der Waals surface area contributed by atoms with Crippen LogP contribution < -0.4 is 18.9 Å². The van der Waals surface area contributed by atoms with Crippen LogP contribution in [0.5, 0.6) is 46.0 Å². The quantitative estimate of drug-likeness (QED) is 0.152. The summed E-state index contributed by atoms with van der Waals surface area (Å²) < 4.78 is 25.6. The van der Waals surface area contributed by atoms with Crippen LogP contribution in [0.4, 0.5) is 0 Å². The van der Waals surface area contributed by atoms with E-state index in [0.717, 1.165) is 46.0 Å². The molecule has 0 radical (unpaired) electrons. The lowest BCUT2D eigenvalue weighted by atomic mass is 9.60. The van der Waals surface area contributed by atoms with E-state index in [1.54, 1.807) is 0 Å². The van der Waals surface area contributed by atoms with Gasteiger partial charge in [0.15, 0.2) is 0 Å². The van der Waals surface area contributed by atoms with E-state index in [1.165, 1.54) is 128 Å². The standard InChI is InChI=1S/C30H36O.C26H28O.C25H26O.C24H24O.2CH4/c1-20(2)30(21-12-10-9-11-13-21)24-18-22(28(3,4)5)14-16-26(24)31-27-17-15-23(19-25(27)30)29(6,7)8;1-16(2)26(21-10-7-17(3)13-20(21)6)22-14-18(4)8-11-24(22)27-25-12-9-19(5)15-23(25)26;1-16(2)25(20-9-7-6-8-19(20)5)21-14-17(3)10-12-23(21)26-24-13-11-18(4)15-22(24)25;1-16(2)24(19-8-6-5-7-9-19)20-14-17(3)10-12-22(20)25-23-13-11-18(4)15-21(23)24;;/h9-20H,1-8H3;7-16H,1-6H3;6-16H,1-5H3;5-16H,1-4H3;2*1H4. The summed E-state index contributed by atoms with van der Waals surface area (Å²) in [6.45, 7) is 51.9. The third-order valence-corrected chi connectivity index (χ3v) is 24.1. The summed E-state index contributed by atoms with van der Waals surface area (Å²) in [5, 5.41) is 0. The van der Waals surface area contributed by atoms with E-state index in [-0.39, 0.29) is 47.3 Å². The average molecular weight is 1470 g/mol. The summed E-state index contributed by atoms with van der Waals surface area (Å²) in [5.74, 6) is 9.30. The molecule has 0 aromatic heterocycles. The highest BCUT2D eigenvalue weighted by molar-refractivity contribution is 5.71. The summed E-state index contributed by atoms with van der Waals surface area (Å²) >= 11 is 0. The van der Waals surface area contributed by atoms with Crippen molar-refractivity contribution in [3.63, 3.8) is 0 Å². The van der Waals surface area contributed by atoms with Gasteiger partial charge in [-0.1, -0.05) is 351 Å². The second-order valence-corrected chi connectivity index (χ2v) is 35.0. The SMILES string of the molecule is C.C.CC(C)C1(c2ccccc2)c2cc(C(C)(C)C)ccc2Oc2ccc(C(C)(C)C)cc21.Cc1ccc(C2(C(C)C)c3cc(C)ccc3Oc3ccc(C)cc32)c(C)c1.Cc1ccc2c(c1)C(c1ccccc1)(C(C)C)c1cc(C)ccc1O2.Cc1ccc2c(c1)C(c1ccccc1C)(C(C)C)c1cc(C)ccc1O2. The molecule has 0 fully saturated rings. The molecular formula is C107H122O4. The Morgan fingerprint density at radius 1 is 0.216 bits per heavy atom. The number of fused-ring (bicyclic) bond motifs is 8. The first-order valence-corrected chi connectivity index (χ1v) is 39.7. The molecule has 12 aromatic carbocycles. The van der Waals surface area contributed by atoms with E-state index < -0.39 is 0 Å². The van der Waals surface area contributed by atoms with Crippen molar-refractivity contribution in [2.45, 2.75) is 207 Å². The Morgan fingerprint density at radius 2 is 0.441 bits per heavy atom. The molecule has 0 saturated carbocycles. The van der Waals surface area contributed by atoms with Crippen molar-refractivity contribution >= 4 is 0 Å². The monoisotopic (exact) mass is 1470 g/mol. The van der Waals surface area contributed by atoms with Gasteiger partial charge in [-0.05, 0) is 190 Å². The maximum absolute atomic E-state index is 6.54. The van der Waals surface area contributed by atoms with E-state index >= 15 is 0 Å². The van der Waals surface area contributed by atoms with E-state index in [9.17, 15) is 0 Å². The summed E-state index contributed by atoms with van der Waals surface area (Å²) in [4.78, 5) is 0. The van der Waals surface area contributed by atoms with Crippen molar-refractivity contribution in [1.82, 2.24) is 0 Å². The maximum Gasteiger partial charge on any atom is 0.131 e. The Hall–Kier alpha value is -10.2. The van der Waals surface area contributed by atoms with Crippen molar-refractivity contribution < 1.29 is 18.9 Å². The molecule has 574 valence electrons. The van der Waals surface area contributed by atoms with Gasteiger partial charge in [-0.3, -0.25) is 0 Å². The predicted molar refractivity (Wildman–Crippen MR) is 470 cm³/mol. The zero-order valence-electron chi connectivity index (χ0n) is 69.1. The van der Waals surface area contributed by atoms with Crippen LogP contribution in [0.15, 0.2) is 249 Å². The molecule has 0 saturated heterocycles. The first kappa shape index (κ1) is 81.8. The fourth-order valence-electron chi connectivity index (χ4n) is 18.7. The Bertz CT molecular complexity index is 5140. The van der Waals surface area contributed by atoms with Gasteiger partial charge in [-0.25, -0.2) is 0 Å². The Morgan fingerprint density at radius 3 is 0.703 bits per heavy atom. The van der Waals surface area contributed by atoms with Crippen LogP contribution in [0.3, 0.4) is 0 Å². The summed E-state index contributed by atoms with van der Waals surface area (Å²) in [6, 6.07) is 90.6. The molecular weight excluding hydrogens is 1350 g/mol. The molecule has 4 aliphatic rings. The van der Waals surface area contributed by atoms with Gasteiger partial charge in [0.25, 0.3) is 0 Å². The lowest BCUT2D eigenvalue weighted by Gasteiger charge is -2.45. The zero-order chi connectivity index (χ0) is 78.0. The van der Waals surface area contributed by atoms with Gasteiger partial charge in [0.1, 0.15) is 46.0 Å². The molecule has 0 amide bonds. The van der Waals surface area contributed by atoms with Gasteiger partial charge < -0.3 is 18.9 Å². The lowest BCUT2D eigenvalue weighted by Crippen LogP contribution is -2.38. The van der Waals surface area contributed by atoms with E-state index in [1.807, 2.05) is 0 Å². The number of ether oxygens (including phenoxy) is 4. The van der Waals surface area contributed by atoms with Gasteiger partial charge in [0.05, 0.1) is 21.7 Å². The van der Waals surface area contributed by atoms with E-state index in [2.05, 4.69) is 408 Å². The van der Waals surface area contributed by atoms with Gasteiger partial charge in [-0.2, -0.15) is 0 Å². The highest BCUT2D eigenvalue weighted by Crippen LogP contribution is 2.61. The van der Waals surface area contributed by atoms with E-state index in [0.29, 0.717) is 23.7 Å². The largest absolute Gasteiger partial charge is 0.457 e. The molecule has 16 rings (SSSR count). The van der Waals surface area contributed by atoms with Crippen LogP contribution in [0, 0.1) is 86.0 Å². The van der Waals surface area contributed by atoms with Crippen LogP contribution in [0.25, 0.3) is 0 Å². The highest BCUT2D eigenvalue weighted by Gasteiger charge is 2.51. The maximum atomic E-state index is 6.54. The van der Waals surface area contributed by atoms with Crippen molar-refractivity contribution in [2.24, 2.45) is 23.7 Å². The summed E-state index contributed by atoms with van der Waals surface area (Å²) in [6.07, 6.45) is 0. The van der Waals surface area contributed by atoms with Gasteiger partial charge in [0, 0.05) is 44.5 Å². The smallest absolute Gasteiger partial charge is 0.131 e. The topological polar surface area (TPSA) is 36.9 Å². The molecule has 0 atom stereocenters. The first-order valence-electron chi connectivity index (χ1n) is 39.7. The average Bonchev–Trinajstić information content (AvgIpc) is 0.724. The summed E-state index contributed by atoms with van der Waals surface area (Å²) in [7, 11) is 0. The Labute approximate surface area is 667 Å². The van der Waals surface area contributed by atoms with Crippen LogP contribution in [0.1, 0.15) is 240 Å². The number of benzene rings is 12. The Balaban J connectivity index is 0.000000146. The van der Waals surface area contributed by atoms with Crippen molar-refractivity contribution in [3.8, 4) is 46.0 Å². The number of hydrogen-bond acceptors (Lipinski definition) is 4. The molecule has 4 nitrogen and oxygen atoms in total. The second kappa shape index (κ2) is 31.5. The molecule has 4 heterocycles. The second-order valence-electron chi connectivity index (χ2n) is 35.0. The third kappa shape index (κ3) is 14.4. The number of hydrogen-bond donors (Lipinski definition) is 0. The fraction of sp³-hybridized carbons (Fsp3) is 0.327. The summed E-state index contributed by atoms with van der Waals surface area (Å²) in [5.41, 5.74) is 29.1. The molecule has 0 spiro atoms. The van der Waals surface area contributed by atoms with Crippen molar-refractivity contribution in [1.29, 1.82) is 0 Å². The lowest BCUT2D eigenvalue weighted by molar-refractivity contribution is 0.359. The first-order chi connectivity index (χ1) is 51.8. The third-order valence-electron chi connectivity index (χ3n) is 24.1. The molecule has 0 unspecified atom stereocenters. The zero-order valence-corrected chi connectivity index (χ0v) is 69.1. The molecule has 4 aliphatic heterocycles. The minimum Gasteiger partial charge on any atom is -0.457 e. The fourth-order valence-corrected chi connectivity index (χ4v) is 18.7. The van der Waals surface area contributed by atoms with Crippen LogP contribution >= 0.6 is 0 Å². The Kier molecular flexibility index (Phi) is 23.3. The molecule has 0 N–H and O–H groups in total. The normalized spacial score (nSPS) is 14.5. The molecule has 0 bridgehead atoms. The number of aryl methyl sites for hydroxylation is 9. The van der Waals surface area contributed by atoms with Crippen LogP contribution in [0.2, 0.25) is 0 Å². The van der Waals surface area contributed by atoms with Crippen LogP contribution in [-0.4, -0.2) is 0 Å².